The van der Waals surface area contributed by atoms with Gasteiger partial charge in [0.1, 0.15) is 34.3 Å². The van der Waals surface area contributed by atoms with E-state index in [9.17, 15) is 24.5 Å². The quantitative estimate of drug-likeness (QED) is 0.179. The minimum absolute atomic E-state index is 0. The number of rotatable bonds is 6. The lowest BCUT2D eigenvalue weighted by Crippen LogP contribution is -2.45. The molecule has 2 aromatic carbocycles. The normalized spacial score (nSPS) is 14.8. The molecule has 0 unspecified atom stereocenters. The maximum Gasteiger partial charge on any atom is 0.283 e. The maximum absolute atomic E-state index is 13.6. The highest BCUT2D eigenvalue weighted by atomic mass is 79.9. The number of anilines is 4. The molecule has 23 heteroatoms. The Morgan fingerprint density at radius 2 is 1.15 bits per heavy atom. The molecule has 6 aromatic heterocycles. The number of nitrogens with two attached hydrogens (primary N) is 2. The Kier molecular flexibility index (Phi) is 14.2. The number of nitrogens with zero attached hydrogens (tertiary/aromatic N) is 15. The van der Waals surface area contributed by atoms with Gasteiger partial charge in [0.05, 0.1) is 54.4 Å². The molecule has 0 bridgehead atoms. The van der Waals surface area contributed by atoms with Gasteiger partial charge in [0.2, 0.25) is 17.6 Å². The van der Waals surface area contributed by atoms with Crippen molar-refractivity contribution in [2.45, 2.75) is 38.8 Å². The van der Waals surface area contributed by atoms with E-state index in [1.165, 1.54) is 9.08 Å². The Hall–Kier alpha value is -7.78. The van der Waals surface area contributed by atoms with Gasteiger partial charge in [-0.15, -0.1) is 0 Å². The molecule has 0 spiro atoms. The van der Waals surface area contributed by atoms with Crippen LogP contribution in [0.3, 0.4) is 0 Å². The largest absolute Gasteiger partial charge is 0.368 e. The number of halogens is 2. The van der Waals surface area contributed by atoms with Crippen LogP contribution in [0.5, 0.6) is 0 Å². The van der Waals surface area contributed by atoms with E-state index in [-0.39, 0.29) is 73.3 Å². The Morgan fingerprint density at radius 1 is 0.731 bits per heavy atom. The zero-order valence-electron chi connectivity index (χ0n) is 36.7. The average molecular weight is 1000 g/mol. The highest BCUT2D eigenvalue weighted by Crippen LogP contribution is 2.40. The Morgan fingerprint density at radius 3 is 1.55 bits per heavy atom. The highest BCUT2D eigenvalue weighted by molar-refractivity contribution is 9.10. The molecule has 0 aliphatic carbocycles. The minimum Gasteiger partial charge on any atom is -0.368 e. The zero-order chi connectivity index (χ0) is 46.8. The molecule has 10 rings (SSSR count). The summed E-state index contributed by atoms with van der Waals surface area (Å²) in [5.74, 6) is 2.14. The van der Waals surface area contributed by atoms with E-state index in [0.29, 0.717) is 81.0 Å². The van der Waals surface area contributed by atoms with Crippen LogP contribution in [-0.2, 0) is 0 Å². The first-order valence-corrected chi connectivity index (χ1v) is 20.6. The van der Waals surface area contributed by atoms with Gasteiger partial charge in [-0.25, -0.2) is 23.8 Å². The number of fused-ring (bicyclic) bond motifs is 2. The van der Waals surface area contributed by atoms with Crippen LogP contribution >= 0.6 is 42.9 Å². The first kappa shape index (κ1) is 47.2. The number of nitriles is 2. The molecule has 2 saturated heterocycles. The Labute approximate surface area is 405 Å². The molecule has 2 aliphatic rings. The third-order valence-electron chi connectivity index (χ3n) is 11.1. The van der Waals surface area contributed by atoms with Gasteiger partial charge in [-0.1, -0.05) is 36.4 Å². The molecule has 340 valence electrons. The summed E-state index contributed by atoms with van der Waals surface area (Å²) in [7, 11) is -1.00. The summed E-state index contributed by atoms with van der Waals surface area (Å²) in [6, 6.07) is 25.7. The molecule has 0 radical (unpaired) electrons. The van der Waals surface area contributed by atoms with E-state index in [1.807, 2.05) is 70.5 Å². The summed E-state index contributed by atoms with van der Waals surface area (Å²) in [5, 5.41) is 28.8. The van der Waals surface area contributed by atoms with Crippen molar-refractivity contribution in [1.82, 2.24) is 48.3 Å². The molecule has 4 N–H and O–H groups in total. The first-order valence-electron chi connectivity index (χ1n) is 20.5. The fourth-order valence-electron chi connectivity index (χ4n) is 7.94. The van der Waals surface area contributed by atoms with Gasteiger partial charge in [-0.3, -0.25) is 23.1 Å². The Balaban J connectivity index is 0.000000206. The fourth-order valence-corrected chi connectivity index (χ4v) is 8.41. The van der Waals surface area contributed by atoms with Crippen LogP contribution < -0.4 is 32.4 Å². The van der Waals surface area contributed by atoms with Gasteiger partial charge in [0, 0.05) is 25.5 Å². The standard InChI is InChI=1S/C22H17N9O.C21H17BrN8O.CH3F.2H2S/c1-13-15(12-23)19(27-22(24)26-13)29-10-9-17(29)20-28-30-11-8-16(25-2)18(30)21(32)31(20)14-6-4-3-5-7-14;1-12-14(11-23)18(26-21(24)25-12)28-9-8-16(28)19-27-29-10-7-15(22)17(29)20(31)30(19)13-5-3-2-4-6-13;1-2;;/h3-8,11,17H,9-10H2,1H3,(H2,24,26,27);2-7,10,16H,8-9H2,1H3,(H2,24,25,26);1H3;2*1H2/t17-;16-;;;/m00.../s1/i;;1D;;. The predicted molar refractivity (Wildman–Crippen MR) is 265 cm³/mol. The molecular weight excluding hydrogens is 962 g/mol. The van der Waals surface area contributed by atoms with Crippen LogP contribution in [0, 0.1) is 43.1 Å². The van der Waals surface area contributed by atoms with Crippen molar-refractivity contribution >= 4 is 83.2 Å². The second-order valence-electron chi connectivity index (χ2n) is 14.7. The lowest BCUT2D eigenvalue weighted by atomic mass is 10.0. The van der Waals surface area contributed by atoms with E-state index in [2.05, 4.69) is 52.8 Å². The van der Waals surface area contributed by atoms with Crippen molar-refractivity contribution < 1.29 is 5.76 Å². The van der Waals surface area contributed by atoms with Gasteiger partial charge in [0.25, 0.3) is 11.1 Å². The number of nitrogen functional groups attached to an aromatic ring is 2. The number of benzene rings is 2. The number of hydrogen-bond acceptors (Lipinski definition) is 14. The van der Waals surface area contributed by atoms with Crippen molar-refractivity contribution in [2.75, 3.05) is 41.5 Å². The first-order chi connectivity index (χ1) is 31.9. The minimum atomic E-state index is -1.00. The number of hydrogen-bond donors (Lipinski definition) is 2. The lowest BCUT2D eigenvalue weighted by Gasteiger charge is -2.42. The second kappa shape index (κ2) is 20.2. The van der Waals surface area contributed by atoms with Gasteiger partial charge in [-0.05, 0) is 79.0 Å². The van der Waals surface area contributed by atoms with Crippen molar-refractivity contribution in [3.63, 3.8) is 0 Å². The third-order valence-corrected chi connectivity index (χ3v) is 11.7. The molecular formula is C44H41BrFN17O2S2. The monoisotopic (exact) mass is 1000 g/mol. The van der Waals surface area contributed by atoms with E-state index >= 15 is 0 Å². The van der Waals surface area contributed by atoms with Crippen molar-refractivity contribution in [1.29, 1.82) is 10.5 Å². The number of alkyl halides is 1. The Bertz CT molecular complexity index is 3420. The molecule has 8 aromatic rings. The van der Waals surface area contributed by atoms with Gasteiger partial charge in [-0.2, -0.15) is 57.7 Å². The van der Waals surface area contributed by atoms with Crippen LogP contribution in [-0.4, -0.2) is 68.5 Å². The van der Waals surface area contributed by atoms with Crippen LogP contribution in [0.2, 0.25) is 0 Å². The predicted octanol–water partition coefficient (Wildman–Crippen LogP) is 6.10. The summed E-state index contributed by atoms with van der Waals surface area (Å²) >= 11 is 3.45. The average Bonchev–Trinajstić information content (AvgIpc) is 3.87. The van der Waals surface area contributed by atoms with Crippen molar-refractivity contribution in [3.8, 4) is 23.5 Å². The number of aryl methyl sites for hydroxylation is 2. The number of aromatic nitrogens is 10. The van der Waals surface area contributed by atoms with E-state index in [1.54, 1.807) is 47.5 Å². The molecule has 2 fully saturated rings. The topological polar surface area (TPSA) is 241 Å². The summed E-state index contributed by atoms with van der Waals surface area (Å²) in [6.07, 6.45) is 4.81. The summed E-state index contributed by atoms with van der Waals surface area (Å²) in [5.41, 5.74) is 15.2. The van der Waals surface area contributed by atoms with E-state index in [4.69, 9.17) is 29.6 Å². The molecule has 0 amide bonds. The van der Waals surface area contributed by atoms with Gasteiger partial charge >= 0.3 is 0 Å². The van der Waals surface area contributed by atoms with Crippen LogP contribution in [0.15, 0.2) is 99.3 Å². The van der Waals surface area contributed by atoms with Gasteiger partial charge in [0.15, 0.2) is 23.3 Å². The summed E-state index contributed by atoms with van der Waals surface area (Å²) in [4.78, 5) is 51.2. The molecule has 8 heterocycles. The molecule has 2 aliphatic heterocycles. The number of para-hydroxylation sites is 2. The van der Waals surface area contributed by atoms with Gasteiger partial charge < -0.3 is 21.3 Å². The second-order valence-corrected chi connectivity index (χ2v) is 15.5. The molecule has 2 atom stereocenters. The molecule has 0 saturated carbocycles. The van der Waals surface area contributed by atoms with E-state index < -0.39 is 7.15 Å². The maximum atomic E-state index is 13.6. The summed E-state index contributed by atoms with van der Waals surface area (Å²) in [6.45, 7) is 12.1. The zero-order valence-corrected chi connectivity index (χ0v) is 39.3. The molecule has 67 heavy (non-hydrogen) atoms. The SMILES string of the molecule is Cc1nc(N)nc(N2CC[C@H]2c2nn3ccc(Br)c3c(=O)n2-c2ccccc2)c1C#N.S.S.[2H]CF.[C-]#[N+]c1ccn2nc([C@@H]3CCN3c3nc(N)nc(C)c3C#N)n(-c3ccccc3)c(=O)c12. The smallest absolute Gasteiger partial charge is 0.283 e. The lowest BCUT2D eigenvalue weighted by molar-refractivity contribution is 0.422. The van der Waals surface area contributed by atoms with Crippen molar-refractivity contribution in [2.24, 2.45) is 0 Å². The van der Waals surface area contributed by atoms with Crippen LogP contribution in [0.25, 0.3) is 27.3 Å². The highest BCUT2D eigenvalue weighted by Gasteiger charge is 2.39. The summed E-state index contributed by atoms with van der Waals surface area (Å²) < 4.78 is 22.4. The van der Waals surface area contributed by atoms with Crippen molar-refractivity contribution in [3.05, 3.63) is 156 Å². The van der Waals surface area contributed by atoms with Crippen LogP contribution in [0.4, 0.5) is 33.6 Å². The third kappa shape index (κ3) is 8.61. The van der Waals surface area contributed by atoms with Crippen LogP contribution in [0.1, 0.15) is 60.5 Å². The molecule has 19 nitrogen and oxygen atoms in total. The fraction of sp³-hybridized carbons (Fsp3) is 0.205. The van der Waals surface area contributed by atoms with E-state index in [0.717, 1.165) is 12.1 Å².